The Balaban J connectivity index is 2.40. The van der Waals surface area contributed by atoms with Crippen LogP contribution in [0, 0.1) is 0 Å². The highest BCUT2D eigenvalue weighted by Gasteiger charge is 2.19. The molecule has 0 fully saturated rings. The summed E-state index contributed by atoms with van der Waals surface area (Å²) in [6.07, 6.45) is 3.05. The van der Waals surface area contributed by atoms with E-state index in [1.165, 1.54) is 6.20 Å². The van der Waals surface area contributed by atoms with Gasteiger partial charge in [-0.05, 0) is 20.8 Å². The van der Waals surface area contributed by atoms with Crippen molar-refractivity contribution >= 4 is 5.91 Å². The van der Waals surface area contributed by atoms with Gasteiger partial charge in [0.15, 0.2) is 0 Å². The molecule has 0 unspecified atom stereocenters. The number of nitrogens with one attached hydrogen (secondary N) is 2. The molecule has 0 aromatic carbocycles. The molecule has 1 amide bonds. The van der Waals surface area contributed by atoms with E-state index < -0.39 is 0 Å². The molecule has 0 radical (unpaired) electrons. The Bertz CT molecular complexity index is 306. The molecule has 1 aromatic rings. The molecule has 0 saturated heterocycles. The molecule has 1 rings (SSSR count). The van der Waals surface area contributed by atoms with E-state index in [0.717, 1.165) is 0 Å². The molecule has 84 valence electrons. The van der Waals surface area contributed by atoms with Crippen LogP contribution in [-0.2, 0) is 4.74 Å². The molecule has 0 aliphatic rings. The maximum absolute atomic E-state index is 11.5. The number of aromatic nitrogens is 2. The van der Waals surface area contributed by atoms with Gasteiger partial charge in [0.25, 0.3) is 5.91 Å². The van der Waals surface area contributed by atoms with Crippen molar-refractivity contribution in [2.24, 2.45) is 0 Å². The van der Waals surface area contributed by atoms with Crippen molar-refractivity contribution in [3.05, 3.63) is 18.0 Å². The van der Waals surface area contributed by atoms with Crippen molar-refractivity contribution in [1.29, 1.82) is 0 Å². The smallest absolute Gasteiger partial charge is 0.254 e. The lowest BCUT2D eigenvalue weighted by atomic mass is 10.1. The number of hydrogen-bond donors (Lipinski definition) is 2. The number of aromatic amines is 1. The standard InChI is InChI=1S/C10H17N3O2/c1-4-15-10(2,3)7-11-9(14)8-5-12-13-6-8/h5-6H,4,7H2,1-3H3,(H,11,14)(H,12,13). The summed E-state index contributed by atoms with van der Waals surface area (Å²) >= 11 is 0. The second-order valence-corrected chi connectivity index (χ2v) is 3.86. The fourth-order valence-electron chi connectivity index (χ4n) is 1.21. The normalized spacial score (nSPS) is 11.4. The Morgan fingerprint density at radius 2 is 2.40 bits per heavy atom. The highest BCUT2D eigenvalue weighted by Crippen LogP contribution is 2.07. The average molecular weight is 211 g/mol. The van der Waals surface area contributed by atoms with E-state index in [9.17, 15) is 4.79 Å². The van der Waals surface area contributed by atoms with Crippen molar-refractivity contribution in [1.82, 2.24) is 15.5 Å². The molecule has 5 heteroatoms. The number of amides is 1. The van der Waals surface area contributed by atoms with Gasteiger partial charge in [0.05, 0.1) is 17.4 Å². The van der Waals surface area contributed by atoms with Gasteiger partial charge in [-0.15, -0.1) is 0 Å². The topological polar surface area (TPSA) is 67.0 Å². The van der Waals surface area contributed by atoms with Crippen LogP contribution in [0.1, 0.15) is 31.1 Å². The zero-order valence-electron chi connectivity index (χ0n) is 9.33. The summed E-state index contributed by atoms with van der Waals surface area (Å²) in [5.74, 6) is -0.142. The van der Waals surface area contributed by atoms with Crippen LogP contribution >= 0.6 is 0 Å². The van der Waals surface area contributed by atoms with Crippen molar-refractivity contribution in [3.63, 3.8) is 0 Å². The van der Waals surface area contributed by atoms with Crippen LogP contribution in [0.2, 0.25) is 0 Å². The molecular weight excluding hydrogens is 194 g/mol. The monoisotopic (exact) mass is 211 g/mol. The van der Waals surface area contributed by atoms with Crippen LogP contribution in [0.4, 0.5) is 0 Å². The molecule has 0 bridgehead atoms. The van der Waals surface area contributed by atoms with Crippen LogP contribution in [0.3, 0.4) is 0 Å². The molecule has 0 spiro atoms. The number of carbonyl (C=O) groups is 1. The summed E-state index contributed by atoms with van der Waals surface area (Å²) < 4.78 is 5.46. The Labute approximate surface area is 89.2 Å². The van der Waals surface area contributed by atoms with Crippen LogP contribution in [0.25, 0.3) is 0 Å². The molecule has 1 aromatic heterocycles. The lowest BCUT2D eigenvalue weighted by Crippen LogP contribution is -2.40. The Hall–Kier alpha value is -1.36. The summed E-state index contributed by atoms with van der Waals surface area (Å²) in [5, 5.41) is 9.08. The minimum atomic E-state index is -0.339. The van der Waals surface area contributed by atoms with E-state index in [4.69, 9.17) is 4.74 Å². The van der Waals surface area contributed by atoms with Gasteiger partial charge in [-0.1, -0.05) is 0 Å². The first-order valence-electron chi connectivity index (χ1n) is 4.96. The average Bonchev–Trinajstić information content (AvgIpc) is 2.67. The number of rotatable bonds is 5. The SMILES string of the molecule is CCOC(C)(C)CNC(=O)c1cn[nH]c1. The van der Waals surface area contributed by atoms with Crippen molar-refractivity contribution in [3.8, 4) is 0 Å². The van der Waals surface area contributed by atoms with Gasteiger partial charge in [-0.2, -0.15) is 5.10 Å². The Morgan fingerprint density at radius 1 is 1.67 bits per heavy atom. The first-order chi connectivity index (χ1) is 7.05. The van der Waals surface area contributed by atoms with Crippen LogP contribution in [0.15, 0.2) is 12.4 Å². The third-order valence-electron chi connectivity index (χ3n) is 1.97. The third-order valence-corrected chi connectivity index (χ3v) is 1.97. The molecule has 0 aliphatic heterocycles. The Morgan fingerprint density at radius 3 is 2.93 bits per heavy atom. The van der Waals surface area contributed by atoms with Crippen molar-refractivity contribution in [2.45, 2.75) is 26.4 Å². The maximum atomic E-state index is 11.5. The van der Waals surface area contributed by atoms with Gasteiger partial charge in [0.1, 0.15) is 0 Å². The number of ether oxygens (including phenoxy) is 1. The van der Waals surface area contributed by atoms with Crippen LogP contribution in [-0.4, -0.2) is 34.9 Å². The molecule has 5 nitrogen and oxygen atoms in total. The van der Waals surface area contributed by atoms with Crippen molar-refractivity contribution < 1.29 is 9.53 Å². The van der Waals surface area contributed by atoms with E-state index in [1.54, 1.807) is 6.20 Å². The Kier molecular flexibility index (Phi) is 3.85. The maximum Gasteiger partial charge on any atom is 0.254 e. The summed E-state index contributed by atoms with van der Waals surface area (Å²) in [6.45, 7) is 6.91. The fraction of sp³-hybridized carbons (Fsp3) is 0.600. The second-order valence-electron chi connectivity index (χ2n) is 3.86. The molecule has 0 atom stereocenters. The highest BCUT2D eigenvalue weighted by atomic mass is 16.5. The molecule has 0 aliphatic carbocycles. The number of H-pyrrole nitrogens is 1. The van der Waals surface area contributed by atoms with Crippen LogP contribution < -0.4 is 5.32 Å². The fourth-order valence-corrected chi connectivity index (χ4v) is 1.21. The molecule has 2 N–H and O–H groups in total. The predicted octanol–water partition coefficient (Wildman–Crippen LogP) is 0.955. The summed E-state index contributed by atoms with van der Waals surface area (Å²) in [6, 6.07) is 0. The lowest BCUT2D eigenvalue weighted by Gasteiger charge is -2.24. The number of carbonyl (C=O) groups excluding carboxylic acids is 1. The van der Waals surface area contributed by atoms with Gasteiger partial charge in [-0.25, -0.2) is 0 Å². The minimum absolute atomic E-state index is 0.142. The second kappa shape index (κ2) is 4.93. The van der Waals surface area contributed by atoms with E-state index in [1.807, 2.05) is 20.8 Å². The van der Waals surface area contributed by atoms with E-state index in [0.29, 0.717) is 18.7 Å². The van der Waals surface area contributed by atoms with Crippen molar-refractivity contribution in [2.75, 3.05) is 13.2 Å². The quantitative estimate of drug-likeness (QED) is 0.762. The predicted molar refractivity (Wildman–Crippen MR) is 56.6 cm³/mol. The minimum Gasteiger partial charge on any atom is -0.374 e. The van der Waals surface area contributed by atoms with Crippen LogP contribution in [0.5, 0.6) is 0 Å². The third kappa shape index (κ3) is 3.71. The van der Waals surface area contributed by atoms with Gasteiger partial charge in [-0.3, -0.25) is 9.89 Å². The number of hydrogen-bond acceptors (Lipinski definition) is 3. The zero-order valence-corrected chi connectivity index (χ0v) is 9.33. The molecule has 1 heterocycles. The first-order valence-corrected chi connectivity index (χ1v) is 4.96. The summed E-state index contributed by atoms with van der Waals surface area (Å²) in [5.41, 5.74) is 0.191. The molecular formula is C10H17N3O2. The van der Waals surface area contributed by atoms with Gasteiger partial charge in [0, 0.05) is 19.3 Å². The van der Waals surface area contributed by atoms with E-state index >= 15 is 0 Å². The van der Waals surface area contributed by atoms with Gasteiger partial charge >= 0.3 is 0 Å². The number of nitrogens with zero attached hydrogens (tertiary/aromatic N) is 1. The molecule has 15 heavy (non-hydrogen) atoms. The molecule has 0 saturated carbocycles. The summed E-state index contributed by atoms with van der Waals surface area (Å²) in [4.78, 5) is 11.5. The van der Waals surface area contributed by atoms with E-state index in [2.05, 4.69) is 15.5 Å². The van der Waals surface area contributed by atoms with Gasteiger partial charge in [0.2, 0.25) is 0 Å². The van der Waals surface area contributed by atoms with Gasteiger partial charge < -0.3 is 10.1 Å². The zero-order chi connectivity index (χ0) is 11.3. The highest BCUT2D eigenvalue weighted by molar-refractivity contribution is 5.93. The first kappa shape index (κ1) is 11.7. The van der Waals surface area contributed by atoms with E-state index in [-0.39, 0.29) is 11.5 Å². The summed E-state index contributed by atoms with van der Waals surface area (Å²) in [7, 11) is 0. The largest absolute Gasteiger partial charge is 0.374 e. The lowest BCUT2D eigenvalue weighted by molar-refractivity contribution is -0.00815.